The van der Waals surface area contributed by atoms with E-state index in [-0.39, 0.29) is 27.6 Å². The second-order valence-electron chi connectivity index (χ2n) is 12.6. The summed E-state index contributed by atoms with van der Waals surface area (Å²) in [4.78, 5) is 13.5. The van der Waals surface area contributed by atoms with Gasteiger partial charge in [-0.3, -0.25) is 4.79 Å². The molecule has 0 bridgehead atoms. The van der Waals surface area contributed by atoms with Crippen molar-refractivity contribution in [2.45, 2.75) is 51.1 Å². The Labute approximate surface area is 301 Å². The molecule has 0 fully saturated rings. The molecule has 270 valence electrons. The monoisotopic (exact) mass is 716 g/mol. The van der Waals surface area contributed by atoms with Gasteiger partial charge >= 0.3 is 0 Å². The van der Waals surface area contributed by atoms with Crippen molar-refractivity contribution in [3.8, 4) is 45.8 Å². The highest BCUT2D eigenvalue weighted by Crippen LogP contribution is 2.45. The normalized spacial score (nSPS) is 11.6. The fraction of sp³-hybridized carbons (Fsp3) is 0.368. The molecule has 0 aliphatic carbocycles. The Morgan fingerprint density at radius 2 is 1.47 bits per heavy atom. The van der Waals surface area contributed by atoms with Gasteiger partial charge < -0.3 is 32.8 Å². The van der Waals surface area contributed by atoms with Crippen molar-refractivity contribution < 1.29 is 32.8 Å². The van der Waals surface area contributed by atoms with E-state index in [0.717, 1.165) is 24.2 Å². The third-order valence-corrected chi connectivity index (χ3v) is 9.16. The molecule has 0 radical (unpaired) electrons. The lowest BCUT2D eigenvalue weighted by molar-refractivity contribution is 0.271. The number of hydrogen-bond acceptors (Lipinski definition) is 12. The van der Waals surface area contributed by atoms with E-state index in [9.17, 15) is 4.79 Å². The Morgan fingerprint density at radius 3 is 2.08 bits per heavy atom. The lowest BCUT2D eigenvalue weighted by Gasteiger charge is -2.18. The van der Waals surface area contributed by atoms with Gasteiger partial charge in [-0.2, -0.15) is 9.78 Å². The molecule has 2 aromatic heterocycles. The van der Waals surface area contributed by atoms with E-state index in [1.54, 1.807) is 34.6 Å². The highest BCUT2D eigenvalue weighted by Gasteiger charge is 2.23. The zero-order valence-corrected chi connectivity index (χ0v) is 31.3. The molecule has 13 heteroatoms. The van der Waals surface area contributed by atoms with Crippen LogP contribution in [0.15, 0.2) is 68.0 Å². The molecule has 0 unspecified atom stereocenters. The smallest absolute Gasteiger partial charge is 0.212 e. The first-order valence-corrected chi connectivity index (χ1v) is 17.4. The Morgan fingerprint density at radius 1 is 0.824 bits per heavy atom. The maximum atomic E-state index is 13.5. The van der Waals surface area contributed by atoms with Crippen LogP contribution in [0, 0.1) is 6.92 Å². The molecule has 0 aliphatic rings. The molecule has 0 saturated carbocycles. The van der Waals surface area contributed by atoms with Crippen LogP contribution in [0.5, 0.6) is 34.5 Å². The number of methoxy groups -OCH3 is 5. The minimum Gasteiger partial charge on any atom is -0.493 e. The molecule has 0 saturated heterocycles. The number of aromatic nitrogens is 3. The first kappa shape index (κ1) is 37.1. The Hall–Kier alpha value is -5.17. The summed E-state index contributed by atoms with van der Waals surface area (Å²) in [6.45, 7) is 8.82. The minimum absolute atomic E-state index is 0.0919. The molecule has 3 aromatic carbocycles. The standard InChI is InChI=1S/C38H44N4O8S/c1-23-40-41-37(42(23)39-22-24-12-14-26(15-13-24)38(2,3)4)51-17-11-10-16-49-35-32(46-7)21-29-33(36(35)48-9)27(43)20-28(50-29)25-18-30(44-5)34(47-8)31(19-25)45-6/h12-15,18-22H,10-11,16-17H2,1-9H3. The highest BCUT2D eigenvalue weighted by atomic mass is 32.2. The highest BCUT2D eigenvalue weighted by molar-refractivity contribution is 7.99. The topological polar surface area (TPSA) is 129 Å². The van der Waals surface area contributed by atoms with Crippen molar-refractivity contribution in [2.24, 2.45) is 5.10 Å². The van der Waals surface area contributed by atoms with E-state index in [1.807, 2.05) is 13.1 Å². The molecule has 5 aromatic rings. The molecule has 2 heterocycles. The molecule has 0 amide bonds. The van der Waals surface area contributed by atoms with Gasteiger partial charge in [0.1, 0.15) is 16.7 Å². The predicted octanol–water partition coefficient (Wildman–Crippen LogP) is 7.53. The van der Waals surface area contributed by atoms with Crippen molar-refractivity contribution in [2.75, 3.05) is 47.9 Å². The summed E-state index contributed by atoms with van der Waals surface area (Å²) in [6.07, 6.45) is 3.37. The number of fused-ring (bicyclic) bond motifs is 1. The summed E-state index contributed by atoms with van der Waals surface area (Å²) in [6, 6.07) is 14.8. The minimum atomic E-state index is -0.315. The van der Waals surface area contributed by atoms with Gasteiger partial charge in [0.2, 0.25) is 16.7 Å². The molecule has 0 atom stereocenters. The van der Waals surface area contributed by atoms with Crippen LogP contribution in [0.1, 0.15) is 50.6 Å². The largest absolute Gasteiger partial charge is 0.493 e. The summed E-state index contributed by atoms with van der Waals surface area (Å²) in [5.41, 5.74) is 2.88. The molecule has 5 rings (SSSR count). The maximum absolute atomic E-state index is 13.5. The summed E-state index contributed by atoms with van der Waals surface area (Å²) in [5.74, 6) is 3.99. The van der Waals surface area contributed by atoms with Crippen molar-refractivity contribution in [3.63, 3.8) is 0 Å². The van der Waals surface area contributed by atoms with Crippen LogP contribution in [0.3, 0.4) is 0 Å². The van der Waals surface area contributed by atoms with Gasteiger partial charge in [0.25, 0.3) is 0 Å². The molecule has 51 heavy (non-hydrogen) atoms. The number of unbranched alkanes of at least 4 members (excludes halogenated alkanes) is 1. The molecule has 0 aliphatic heterocycles. The number of rotatable bonds is 15. The second-order valence-corrected chi connectivity index (χ2v) is 13.6. The van der Waals surface area contributed by atoms with Gasteiger partial charge in [-0.15, -0.1) is 10.2 Å². The van der Waals surface area contributed by atoms with Crippen LogP contribution in [-0.4, -0.2) is 69.0 Å². The van der Waals surface area contributed by atoms with E-state index in [2.05, 4.69) is 60.3 Å². The molecule has 0 spiro atoms. The van der Waals surface area contributed by atoms with Crippen LogP contribution in [-0.2, 0) is 5.41 Å². The van der Waals surface area contributed by atoms with Crippen LogP contribution in [0.2, 0.25) is 0 Å². The lowest BCUT2D eigenvalue weighted by Crippen LogP contribution is -2.10. The average molecular weight is 717 g/mol. The van der Waals surface area contributed by atoms with Gasteiger partial charge in [0.05, 0.1) is 48.4 Å². The van der Waals surface area contributed by atoms with Gasteiger partial charge in [-0.05, 0) is 48.4 Å². The number of thioether (sulfide) groups is 1. The van der Waals surface area contributed by atoms with Crippen molar-refractivity contribution in [1.29, 1.82) is 0 Å². The Bertz CT molecular complexity index is 2040. The molecular weight excluding hydrogens is 673 g/mol. The third-order valence-electron chi connectivity index (χ3n) is 8.15. The zero-order chi connectivity index (χ0) is 36.7. The first-order valence-electron chi connectivity index (χ1n) is 16.4. The fourth-order valence-electron chi connectivity index (χ4n) is 5.39. The Kier molecular flexibility index (Phi) is 11.8. The fourth-order valence-corrected chi connectivity index (χ4v) is 6.32. The summed E-state index contributed by atoms with van der Waals surface area (Å²) in [7, 11) is 7.56. The van der Waals surface area contributed by atoms with E-state index in [4.69, 9.17) is 32.8 Å². The van der Waals surface area contributed by atoms with Crippen molar-refractivity contribution in [3.05, 3.63) is 75.7 Å². The Balaban J connectivity index is 1.26. The third kappa shape index (κ3) is 8.25. The number of benzene rings is 3. The summed E-state index contributed by atoms with van der Waals surface area (Å²) >= 11 is 1.57. The number of nitrogens with zero attached hydrogens (tertiary/aromatic N) is 4. The lowest BCUT2D eigenvalue weighted by atomic mass is 9.87. The number of aryl methyl sites for hydroxylation is 1. The van der Waals surface area contributed by atoms with Gasteiger partial charge in [-0.1, -0.05) is 56.8 Å². The van der Waals surface area contributed by atoms with Gasteiger partial charge in [0, 0.05) is 23.4 Å². The van der Waals surface area contributed by atoms with E-state index < -0.39 is 0 Å². The van der Waals surface area contributed by atoms with Gasteiger partial charge in [0.15, 0.2) is 34.3 Å². The number of ether oxygens (including phenoxy) is 6. The van der Waals surface area contributed by atoms with E-state index >= 15 is 0 Å². The maximum Gasteiger partial charge on any atom is 0.212 e. The zero-order valence-electron chi connectivity index (χ0n) is 30.5. The summed E-state index contributed by atoms with van der Waals surface area (Å²) < 4.78 is 41.9. The van der Waals surface area contributed by atoms with E-state index in [1.165, 1.54) is 47.2 Å². The second kappa shape index (κ2) is 16.2. The first-order chi connectivity index (χ1) is 24.5. The molecule has 0 N–H and O–H groups in total. The van der Waals surface area contributed by atoms with E-state index in [0.29, 0.717) is 57.7 Å². The van der Waals surface area contributed by atoms with Crippen LogP contribution in [0.4, 0.5) is 0 Å². The molecule has 12 nitrogen and oxygen atoms in total. The average Bonchev–Trinajstić information content (AvgIpc) is 3.48. The SMILES string of the molecule is COc1cc(-c2cc(=O)c3c(OC)c(OCCCCSc4nnc(C)n4N=Cc4ccc(C(C)(C)C)cc4)c(OC)cc3o2)cc(OC)c1OC. The molecular formula is C38H44N4O8S. The van der Waals surface area contributed by atoms with Crippen molar-refractivity contribution >= 4 is 28.9 Å². The predicted molar refractivity (Wildman–Crippen MR) is 199 cm³/mol. The number of hydrogen-bond donors (Lipinski definition) is 0. The summed E-state index contributed by atoms with van der Waals surface area (Å²) in [5, 5.41) is 14.1. The van der Waals surface area contributed by atoms with Crippen LogP contribution in [0.25, 0.3) is 22.3 Å². The van der Waals surface area contributed by atoms with Crippen LogP contribution >= 0.6 is 11.8 Å². The van der Waals surface area contributed by atoms with Crippen LogP contribution < -0.4 is 33.8 Å². The van der Waals surface area contributed by atoms with Crippen molar-refractivity contribution in [1.82, 2.24) is 14.9 Å². The quantitative estimate of drug-likeness (QED) is 0.0606. The van der Waals surface area contributed by atoms with Gasteiger partial charge in [-0.25, -0.2) is 0 Å².